The molecule has 3 N–H and O–H groups in total. The SMILES string of the molecule is Cc1ccnc(N)c1C(C)(O)CC1CC1. The molecule has 3 heteroatoms. The number of nitrogens with zero attached hydrogens (tertiary/aromatic N) is 1. The van der Waals surface area contributed by atoms with Gasteiger partial charge >= 0.3 is 0 Å². The van der Waals surface area contributed by atoms with E-state index < -0.39 is 5.60 Å². The molecule has 1 unspecified atom stereocenters. The fourth-order valence-corrected chi connectivity index (χ4v) is 2.27. The summed E-state index contributed by atoms with van der Waals surface area (Å²) < 4.78 is 0. The Morgan fingerprint density at radius 1 is 1.60 bits per heavy atom. The lowest BCUT2D eigenvalue weighted by atomic mass is 9.88. The number of anilines is 1. The lowest BCUT2D eigenvalue weighted by Gasteiger charge is -2.26. The maximum atomic E-state index is 10.4. The van der Waals surface area contributed by atoms with Crippen molar-refractivity contribution in [2.45, 2.75) is 38.7 Å². The smallest absolute Gasteiger partial charge is 0.129 e. The van der Waals surface area contributed by atoms with E-state index in [4.69, 9.17) is 5.73 Å². The van der Waals surface area contributed by atoms with Crippen LogP contribution in [-0.2, 0) is 5.60 Å². The second kappa shape index (κ2) is 3.49. The molecule has 3 nitrogen and oxygen atoms in total. The van der Waals surface area contributed by atoms with E-state index in [9.17, 15) is 5.11 Å². The van der Waals surface area contributed by atoms with Crippen LogP contribution in [0, 0.1) is 12.8 Å². The lowest BCUT2D eigenvalue weighted by Crippen LogP contribution is -2.25. The van der Waals surface area contributed by atoms with Crippen LogP contribution >= 0.6 is 0 Å². The molecule has 0 aromatic carbocycles. The molecule has 0 aliphatic heterocycles. The van der Waals surface area contributed by atoms with Crippen molar-refractivity contribution in [1.82, 2.24) is 4.98 Å². The fourth-order valence-electron chi connectivity index (χ4n) is 2.27. The number of rotatable bonds is 3. The van der Waals surface area contributed by atoms with E-state index in [0.717, 1.165) is 17.5 Å². The van der Waals surface area contributed by atoms with Gasteiger partial charge in [0.2, 0.25) is 0 Å². The van der Waals surface area contributed by atoms with E-state index >= 15 is 0 Å². The molecular formula is C12H18N2O. The zero-order valence-corrected chi connectivity index (χ0v) is 9.33. The van der Waals surface area contributed by atoms with Crippen LogP contribution in [0.5, 0.6) is 0 Å². The fraction of sp³-hybridized carbons (Fsp3) is 0.583. The van der Waals surface area contributed by atoms with Gasteiger partial charge < -0.3 is 10.8 Å². The molecule has 2 rings (SSSR count). The molecular weight excluding hydrogens is 188 g/mol. The largest absolute Gasteiger partial charge is 0.385 e. The molecule has 0 bridgehead atoms. The van der Waals surface area contributed by atoms with Gasteiger partial charge in [-0.05, 0) is 37.8 Å². The van der Waals surface area contributed by atoms with Crippen LogP contribution in [-0.4, -0.2) is 10.1 Å². The normalized spacial score (nSPS) is 19.9. The molecule has 1 fully saturated rings. The molecule has 0 radical (unpaired) electrons. The molecule has 1 aromatic rings. The third kappa shape index (κ3) is 2.12. The van der Waals surface area contributed by atoms with Crippen molar-refractivity contribution in [1.29, 1.82) is 0 Å². The second-order valence-corrected chi connectivity index (χ2v) is 4.81. The number of hydrogen-bond donors (Lipinski definition) is 2. The summed E-state index contributed by atoms with van der Waals surface area (Å²) in [7, 11) is 0. The summed E-state index contributed by atoms with van der Waals surface area (Å²) in [5.41, 5.74) is 6.83. The standard InChI is InChI=1S/C12H18N2O/c1-8-5-6-14-11(13)10(8)12(2,15)7-9-3-4-9/h5-6,9,15H,3-4,7H2,1-2H3,(H2,13,14). The van der Waals surface area contributed by atoms with E-state index in [1.165, 1.54) is 12.8 Å². The summed E-state index contributed by atoms with van der Waals surface area (Å²) in [6.07, 6.45) is 4.94. The highest BCUT2D eigenvalue weighted by molar-refractivity contribution is 5.47. The third-order valence-corrected chi connectivity index (χ3v) is 3.11. The van der Waals surface area contributed by atoms with Crippen molar-refractivity contribution in [2.75, 3.05) is 5.73 Å². The van der Waals surface area contributed by atoms with E-state index in [1.807, 2.05) is 19.9 Å². The Kier molecular flexibility index (Phi) is 2.43. The van der Waals surface area contributed by atoms with Crippen molar-refractivity contribution >= 4 is 5.82 Å². The highest BCUT2D eigenvalue weighted by atomic mass is 16.3. The maximum absolute atomic E-state index is 10.4. The topological polar surface area (TPSA) is 59.1 Å². The number of hydrogen-bond acceptors (Lipinski definition) is 3. The highest BCUT2D eigenvalue weighted by Gasteiger charge is 2.35. The Morgan fingerprint density at radius 3 is 2.80 bits per heavy atom. The summed E-state index contributed by atoms with van der Waals surface area (Å²) in [5.74, 6) is 1.12. The third-order valence-electron chi connectivity index (χ3n) is 3.11. The van der Waals surface area contributed by atoms with Gasteiger partial charge in [-0.15, -0.1) is 0 Å². The Morgan fingerprint density at radius 2 is 2.27 bits per heavy atom. The van der Waals surface area contributed by atoms with E-state index in [-0.39, 0.29) is 0 Å². The summed E-state index contributed by atoms with van der Waals surface area (Å²) >= 11 is 0. The van der Waals surface area contributed by atoms with Crippen molar-refractivity contribution in [3.05, 3.63) is 23.4 Å². The second-order valence-electron chi connectivity index (χ2n) is 4.81. The van der Waals surface area contributed by atoms with Crippen LogP contribution in [0.2, 0.25) is 0 Å². The average molecular weight is 206 g/mol. The molecule has 15 heavy (non-hydrogen) atoms. The maximum Gasteiger partial charge on any atom is 0.129 e. The van der Waals surface area contributed by atoms with E-state index in [0.29, 0.717) is 11.7 Å². The van der Waals surface area contributed by atoms with Gasteiger partial charge in [-0.25, -0.2) is 4.98 Å². The van der Waals surface area contributed by atoms with Crippen LogP contribution in [0.1, 0.15) is 37.3 Å². The first-order chi connectivity index (χ1) is 7.00. The molecule has 0 spiro atoms. The first-order valence-corrected chi connectivity index (χ1v) is 5.44. The van der Waals surface area contributed by atoms with Crippen LogP contribution in [0.4, 0.5) is 5.82 Å². The van der Waals surface area contributed by atoms with Gasteiger partial charge in [0.05, 0.1) is 5.60 Å². The van der Waals surface area contributed by atoms with Crippen molar-refractivity contribution in [3.8, 4) is 0 Å². The Balaban J connectivity index is 2.33. The first kappa shape index (κ1) is 10.4. The number of nitrogens with two attached hydrogens (primary N) is 1. The number of pyridine rings is 1. The molecule has 1 atom stereocenters. The quantitative estimate of drug-likeness (QED) is 0.795. The molecule has 1 aliphatic rings. The molecule has 1 aromatic heterocycles. The average Bonchev–Trinajstić information content (AvgIpc) is 2.86. The predicted octanol–water partition coefficient (Wildman–Crippen LogP) is 1.98. The zero-order valence-electron chi connectivity index (χ0n) is 9.33. The van der Waals surface area contributed by atoms with Crippen LogP contribution in [0.15, 0.2) is 12.3 Å². The summed E-state index contributed by atoms with van der Waals surface area (Å²) in [5, 5.41) is 10.4. The van der Waals surface area contributed by atoms with Gasteiger partial charge in [0.25, 0.3) is 0 Å². The lowest BCUT2D eigenvalue weighted by molar-refractivity contribution is 0.0416. The number of aliphatic hydroxyl groups is 1. The van der Waals surface area contributed by atoms with Gasteiger partial charge in [0.15, 0.2) is 0 Å². The minimum Gasteiger partial charge on any atom is -0.385 e. The van der Waals surface area contributed by atoms with Crippen LogP contribution < -0.4 is 5.73 Å². The summed E-state index contributed by atoms with van der Waals surface area (Å²) in [6.45, 7) is 3.81. The summed E-state index contributed by atoms with van der Waals surface area (Å²) in [6, 6.07) is 1.90. The molecule has 1 saturated carbocycles. The minimum absolute atomic E-state index is 0.459. The van der Waals surface area contributed by atoms with Crippen molar-refractivity contribution < 1.29 is 5.11 Å². The van der Waals surface area contributed by atoms with Crippen molar-refractivity contribution in [3.63, 3.8) is 0 Å². The summed E-state index contributed by atoms with van der Waals surface area (Å²) in [4.78, 5) is 4.05. The number of aromatic nitrogens is 1. The Hall–Kier alpha value is -1.09. The molecule has 0 saturated heterocycles. The predicted molar refractivity (Wildman–Crippen MR) is 60.3 cm³/mol. The van der Waals surface area contributed by atoms with Crippen molar-refractivity contribution in [2.24, 2.45) is 5.92 Å². The Labute approximate surface area is 90.3 Å². The molecule has 1 aliphatic carbocycles. The number of nitrogen functional groups attached to an aromatic ring is 1. The van der Waals surface area contributed by atoms with E-state index in [1.54, 1.807) is 6.20 Å². The highest BCUT2D eigenvalue weighted by Crippen LogP contribution is 2.42. The Bertz CT molecular complexity index is 350. The number of aryl methyl sites for hydroxylation is 1. The van der Waals surface area contributed by atoms with Gasteiger partial charge in [-0.3, -0.25) is 0 Å². The van der Waals surface area contributed by atoms with Gasteiger partial charge in [0, 0.05) is 11.8 Å². The van der Waals surface area contributed by atoms with Crippen LogP contribution in [0.3, 0.4) is 0 Å². The zero-order chi connectivity index (χ0) is 11.1. The molecule has 0 amide bonds. The van der Waals surface area contributed by atoms with Crippen LogP contribution in [0.25, 0.3) is 0 Å². The molecule has 1 heterocycles. The monoisotopic (exact) mass is 206 g/mol. The van der Waals surface area contributed by atoms with E-state index in [2.05, 4.69) is 4.98 Å². The van der Waals surface area contributed by atoms with Gasteiger partial charge in [0.1, 0.15) is 5.82 Å². The minimum atomic E-state index is -0.830. The van der Waals surface area contributed by atoms with Gasteiger partial charge in [-0.2, -0.15) is 0 Å². The molecule has 82 valence electrons. The van der Waals surface area contributed by atoms with Gasteiger partial charge in [-0.1, -0.05) is 12.8 Å². The first-order valence-electron chi connectivity index (χ1n) is 5.44.